The lowest BCUT2D eigenvalue weighted by molar-refractivity contribution is 0.0284. The molecule has 2 nitrogen and oxygen atoms in total. The van der Waals surface area contributed by atoms with E-state index >= 15 is 0 Å². The Morgan fingerprint density at radius 1 is 1.05 bits per heavy atom. The number of Topliss-reactive ketones (excluding diaryl/α,β-unsaturated/α-hetero) is 1. The normalized spacial score (nSPS) is 19.4. The molecule has 0 bridgehead atoms. The Balaban J connectivity index is 1.57. The number of carbonyl (C=O) groups excluding carboxylic acids is 1. The Hall–Kier alpha value is -1.15. The molecule has 0 unspecified atom stereocenters. The second kappa shape index (κ2) is 5.87. The van der Waals surface area contributed by atoms with E-state index < -0.39 is 0 Å². The highest BCUT2D eigenvalue weighted by atomic mass is 16.5. The van der Waals surface area contributed by atoms with Gasteiger partial charge in [0.15, 0.2) is 5.78 Å². The molecule has 1 aromatic carbocycles. The molecule has 0 aliphatic heterocycles. The van der Waals surface area contributed by atoms with Crippen LogP contribution in [0.25, 0.3) is 0 Å². The maximum atomic E-state index is 12.2. The van der Waals surface area contributed by atoms with Crippen LogP contribution in [0, 0.1) is 0 Å². The van der Waals surface area contributed by atoms with Crippen LogP contribution in [0.3, 0.4) is 0 Å². The first-order chi connectivity index (χ1) is 9.33. The van der Waals surface area contributed by atoms with E-state index in [0.717, 1.165) is 24.8 Å². The van der Waals surface area contributed by atoms with Gasteiger partial charge in [0.1, 0.15) is 6.61 Å². The summed E-state index contributed by atoms with van der Waals surface area (Å²) in [5.41, 5.74) is 3.62. The van der Waals surface area contributed by atoms with Crippen molar-refractivity contribution in [3.8, 4) is 0 Å². The summed E-state index contributed by atoms with van der Waals surface area (Å²) in [5.74, 6) is 0.139. The zero-order chi connectivity index (χ0) is 13.1. The van der Waals surface area contributed by atoms with Crippen molar-refractivity contribution < 1.29 is 9.53 Å². The first-order valence-corrected chi connectivity index (χ1v) is 7.59. The third-order valence-corrected chi connectivity index (χ3v) is 4.42. The van der Waals surface area contributed by atoms with E-state index in [9.17, 15) is 4.79 Å². The smallest absolute Gasteiger partial charge is 0.188 e. The Kier molecular flexibility index (Phi) is 3.97. The highest BCUT2D eigenvalue weighted by molar-refractivity contribution is 5.97. The summed E-state index contributed by atoms with van der Waals surface area (Å²) in [6.45, 7) is 0.253. The van der Waals surface area contributed by atoms with Crippen LogP contribution < -0.4 is 0 Å². The van der Waals surface area contributed by atoms with Crippen LogP contribution in [0.2, 0.25) is 0 Å². The number of hydrogen-bond acceptors (Lipinski definition) is 2. The van der Waals surface area contributed by atoms with Crippen LogP contribution in [0.4, 0.5) is 0 Å². The molecule has 1 saturated carbocycles. The predicted octanol–water partition coefficient (Wildman–Crippen LogP) is 3.71. The van der Waals surface area contributed by atoms with E-state index in [1.807, 2.05) is 6.07 Å². The lowest BCUT2D eigenvalue weighted by Crippen LogP contribution is -2.21. The molecule has 0 N–H and O–H groups in total. The van der Waals surface area contributed by atoms with Gasteiger partial charge in [-0.1, -0.05) is 31.4 Å². The molecular formula is C17H22O2. The molecule has 0 amide bonds. The summed E-state index contributed by atoms with van der Waals surface area (Å²) in [6, 6.07) is 6.17. The zero-order valence-electron chi connectivity index (χ0n) is 11.5. The first-order valence-electron chi connectivity index (χ1n) is 7.59. The van der Waals surface area contributed by atoms with Crippen LogP contribution in [0.15, 0.2) is 18.2 Å². The number of rotatable bonds is 4. The number of fused-ring (bicyclic) bond motifs is 1. The van der Waals surface area contributed by atoms with Crippen molar-refractivity contribution in [2.45, 2.75) is 57.5 Å². The first kappa shape index (κ1) is 12.9. The Morgan fingerprint density at radius 2 is 1.84 bits per heavy atom. The molecular weight excluding hydrogens is 236 g/mol. The summed E-state index contributed by atoms with van der Waals surface area (Å²) in [7, 11) is 0. The highest BCUT2D eigenvalue weighted by Crippen LogP contribution is 2.24. The molecule has 2 heteroatoms. The fraction of sp³-hybridized carbons (Fsp3) is 0.588. The summed E-state index contributed by atoms with van der Waals surface area (Å²) >= 11 is 0. The van der Waals surface area contributed by atoms with Gasteiger partial charge in [0.25, 0.3) is 0 Å². The van der Waals surface area contributed by atoms with E-state index in [-0.39, 0.29) is 12.4 Å². The van der Waals surface area contributed by atoms with E-state index in [1.165, 1.54) is 43.2 Å². The predicted molar refractivity (Wildman–Crippen MR) is 75.6 cm³/mol. The number of carbonyl (C=O) groups is 1. The van der Waals surface area contributed by atoms with Crippen molar-refractivity contribution in [2.75, 3.05) is 6.61 Å². The fourth-order valence-corrected chi connectivity index (χ4v) is 3.25. The molecule has 0 heterocycles. The summed E-state index contributed by atoms with van der Waals surface area (Å²) < 4.78 is 5.77. The minimum Gasteiger partial charge on any atom is -0.370 e. The Morgan fingerprint density at radius 3 is 2.68 bits per heavy atom. The fourth-order valence-electron chi connectivity index (χ4n) is 3.25. The van der Waals surface area contributed by atoms with Gasteiger partial charge in [-0.3, -0.25) is 4.79 Å². The second-order valence-electron chi connectivity index (χ2n) is 5.83. The highest BCUT2D eigenvalue weighted by Gasteiger charge is 2.17. The summed E-state index contributed by atoms with van der Waals surface area (Å²) in [4.78, 5) is 12.2. The maximum absolute atomic E-state index is 12.2. The summed E-state index contributed by atoms with van der Waals surface area (Å²) in [5, 5.41) is 0. The molecule has 0 aromatic heterocycles. The molecule has 2 aliphatic rings. The summed E-state index contributed by atoms with van der Waals surface area (Å²) in [6.07, 6.45) is 9.89. The number of ketones is 1. The third-order valence-electron chi connectivity index (χ3n) is 4.42. The van der Waals surface area contributed by atoms with Gasteiger partial charge >= 0.3 is 0 Å². The van der Waals surface area contributed by atoms with Gasteiger partial charge in [-0.2, -0.15) is 0 Å². The number of ether oxygens (including phenoxy) is 1. The van der Waals surface area contributed by atoms with Crippen molar-refractivity contribution in [2.24, 2.45) is 0 Å². The van der Waals surface area contributed by atoms with E-state index in [2.05, 4.69) is 12.1 Å². The van der Waals surface area contributed by atoms with Gasteiger partial charge < -0.3 is 4.74 Å². The second-order valence-corrected chi connectivity index (χ2v) is 5.83. The monoisotopic (exact) mass is 258 g/mol. The van der Waals surface area contributed by atoms with Crippen molar-refractivity contribution in [1.82, 2.24) is 0 Å². The van der Waals surface area contributed by atoms with Gasteiger partial charge in [0.05, 0.1) is 6.10 Å². The van der Waals surface area contributed by atoms with Gasteiger partial charge in [0.2, 0.25) is 0 Å². The lowest BCUT2D eigenvalue weighted by Gasteiger charge is -2.21. The Labute approximate surface area is 115 Å². The van der Waals surface area contributed by atoms with Gasteiger partial charge in [-0.05, 0) is 49.3 Å². The molecule has 0 spiro atoms. The Bertz CT molecular complexity index is 458. The van der Waals surface area contributed by atoms with Crippen LogP contribution in [0.5, 0.6) is 0 Å². The van der Waals surface area contributed by atoms with E-state index in [4.69, 9.17) is 4.74 Å². The minimum absolute atomic E-state index is 0.139. The van der Waals surface area contributed by atoms with Crippen LogP contribution in [-0.2, 0) is 17.6 Å². The topological polar surface area (TPSA) is 26.3 Å². The van der Waals surface area contributed by atoms with Gasteiger partial charge in [-0.15, -0.1) is 0 Å². The lowest BCUT2D eigenvalue weighted by atomic mass is 9.98. The zero-order valence-corrected chi connectivity index (χ0v) is 11.5. The number of aryl methyl sites for hydroxylation is 2. The quantitative estimate of drug-likeness (QED) is 0.770. The van der Waals surface area contributed by atoms with Crippen molar-refractivity contribution >= 4 is 5.78 Å². The van der Waals surface area contributed by atoms with Crippen molar-refractivity contribution in [3.05, 3.63) is 34.9 Å². The molecule has 102 valence electrons. The average Bonchev–Trinajstić information content (AvgIpc) is 2.93. The minimum atomic E-state index is 0.139. The molecule has 1 fully saturated rings. The molecule has 2 aliphatic carbocycles. The number of benzene rings is 1. The average molecular weight is 258 g/mol. The van der Waals surface area contributed by atoms with E-state index in [1.54, 1.807) is 0 Å². The SMILES string of the molecule is O=C(COC1CCCCC1)c1ccc2c(c1)CCC2. The van der Waals surface area contributed by atoms with Gasteiger partial charge in [-0.25, -0.2) is 0 Å². The molecule has 0 radical (unpaired) electrons. The standard InChI is InChI=1S/C17H22O2/c18-17(12-19-16-7-2-1-3-8-16)15-10-9-13-5-4-6-14(13)11-15/h9-11,16H,1-8,12H2. The molecule has 3 rings (SSSR count). The van der Waals surface area contributed by atoms with Crippen molar-refractivity contribution in [3.63, 3.8) is 0 Å². The largest absolute Gasteiger partial charge is 0.370 e. The number of hydrogen-bond donors (Lipinski definition) is 0. The molecule has 0 saturated heterocycles. The van der Waals surface area contributed by atoms with Crippen LogP contribution in [0.1, 0.15) is 60.0 Å². The third kappa shape index (κ3) is 3.06. The van der Waals surface area contributed by atoms with Crippen LogP contribution >= 0.6 is 0 Å². The van der Waals surface area contributed by atoms with E-state index in [0.29, 0.717) is 6.10 Å². The van der Waals surface area contributed by atoms with Crippen molar-refractivity contribution in [1.29, 1.82) is 0 Å². The molecule has 0 atom stereocenters. The maximum Gasteiger partial charge on any atom is 0.188 e. The molecule has 19 heavy (non-hydrogen) atoms. The molecule has 1 aromatic rings. The van der Waals surface area contributed by atoms with Gasteiger partial charge in [0, 0.05) is 5.56 Å². The van der Waals surface area contributed by atoms with Crippen LogP contribution in [-0.4, -0.2) is 18.5 Å².